The van der Waals surface area contributed by atoms with Crippen molar-refractivity contribution in [1.82, 2.24) is 0 Å². The largest absolute Gasteiger partial charge is 0.379 e. The highest BCUT2D eigenvalue weighted by Gasteiger charge is 1.95. The first-order valence-corrected chi connectivity index (χ1v) is 13.6. The van der Waals surface area contributed by atoms with E-state index in [0.717, 1.165) is 19.8 Å². The van der Waals surface area contributed by atoms with E-state index in [1.807, 2.05) is 0 Å². The van der Waals surface area contributed by atoms with Crippen molar-refractivity contribution < 1.29 is 14.2 Å². The summed E-state index contributed by atoms with van der Waals surface area (Å²) in [5.41, 5.74) is 0. The standard InChI is InChI=1S/C27H56O3/c1-3-5-7-9-11-12-13-14-15-16-17-19-21-23-29-25-27-30-26-24-28-22-20-18-10-8-6-4-2/h3-27H2,1-2H3. The Morgan fingerprint density at radius 3 is 0.800 bits per heavy atom. The van der Waals surface area contributed by atoms with Crippen LogP contribution >= 0.6 is 0 Å². The topological polar surface area (TPSA) is 27.7 Å². The SMILES string of the molecule is CCCCCCCCCCCCCCCOCCOCCOCCCCCCCC. The molecule has 0 aliphatic carbocycles. The smallest absolute Gasteiger partial charge is 0.0701 e. The van der Waals surface area contributed by atoms with Crippen LogP contribution in [0.2, 0.25) is 0 Å². The van der Waals surface area contributed by atoms with E-state index in [0.29, 0.717) is 19.8 Å². The fraction of sp³-hybridized carbons (Fsp3) is 1.00. The van der Waals surface area contributed by atoms with Gasteiger partial charge in [0.2, 0.25) is 0 Å². The summed E-state index contributed by atoms with van der Waals surface area (Å²) in [6, 6.07) is 0. The third-order valence-corrected chi connectivity index (χ3v) is 5.78. The molecule has 0 aliphatic heterocycles. The van der Waals surface area contributed by atoms with E-state index in [-0.39, 0.29) is 0 Å². The Labute approximate surface area is 190 Å². The second-order valence-electron chi connectivity index (χ2n) is 8.85. The van der Waals surface area contributed by atoms with E-state index >= 15 is 0 Å². The van der Waals surface area contributed by atoms with Crippen LogP contribution in [-0.2, 0) is 14.2 Å². The highest BCUT2D eigenvalue weighted by atomic mass is 16.5. The molecule has 30 heavy (non-hydrogen) atoms. The Morgan fingerprint density at radius 2 is 0.500 bits per heavy atom. The molecule has 0 rings (SSSR count). The van der Waals surface area contributed by atoms with Gasteiger partial charge in [-0.25, -0.2) is 0 Å². The van der Waals surface area contributed by atoms with E-state index < -0.39 is 0 Å². The first-order valence-electron chi connectivity index (χ1n) is 13.6. The zero-order valence-electron chi connectivity index (χ0n) is 20.9. The van der Waals surface area contributed by atoms with Gasteiger partial charge in [-0.2, -0.15) is 0 Å². The van der Waals surface area contributed by atoms with Crippen LogP contribution in [0.1, 0.15) is 136 Å². The molecule has 0 aromatic carbocycles. The molecule has 0 spiro atoms. The van der Waals surface area contributed by atoms with Gasteiger partial charge < -0.3 is 14.2 Å². The number of hydrogen-bond acceptors (Lipinski definition) is 3. The van der Waals surface area contributed by atoms with Gasteiger partial charge >= 0.3 is 0 Å². The molecule has 0 radical (unpaired) electrons. The molecule has 0 N–H and O–H groups in total. The minimum Gasteiger partial charge on any atom is -0.379 e. The van der Waals surface area contributed by atoms with E-state index in [1.54, 1.807) is 0 Å². The van der Waals surface area contributed by atoms with Gasteiger partial charge in [0, 0.05) is 13.2 Å². The fourth-order valence-corrected chi connectivity index (χ4v) is 3.75. The van der Waals surface area contributed by atoms with Crippen molar-refractivity contribution >= 4 is 0 Å². The minimum atomic E-state index is 0.692. The highest BCUT2D eigenvalue weighted by Crippen LogP contribution is 2.12. The number of hydrogen-bond donors (Lipinski definition) is 0. The minimum absolute atomic E-state index is 0.692. The van der Waals surface area contributed by atoms with E-state index in [1.165, 1.54) is 122 Å². The maximum absolute atomic E-state index is 5.66. The van der Waals surface area contributed by atoms with Crippen molar-refractivity contribution in [2.24, 2.45) is 0 Å². The van der Waals surface area contributed by atoms with Gasteiger partial charge in [0.15, 0.2) is 0 Å². The van der Waals surface area contributed by atoms with Crippen molar-refractivity contribution in [3.8, 4) is 0 Å². The van der Waals surface area contributed by atoms with Gasteiger partial charge in [-0.3, -0.25) is 0 Å². The van der Waals surface area contributed by atoms with Crippen LogP contribution in [0.15, 0.2) is 0 Å². The third-order valence-electron chi connectivity index (χ3n) is 5.78. The molecular formula is C27H56O3. The summed E-state index contributed by atoms with van der Waals surface area (Å²) in [5.74, 6) is 0. The zero-order valence-corrected chi connectivity index (χ0v) is 20.9. The van der Waals surface area contributed by atoms with Gasteiger partial charge in [-0.05, 0) is 12.8 Å². The van der Waals surface area contributed by atoms with Crippen LogP contribution in [-0.4, -0.2) is 39.6 Å². The molecule has 0 fully saturated rings. The normalized spacial score (nSPS) is 11.4. The first-order chi connectivity index (χ1) is 14.9. The van der Waals surface area contributed by atoms with Gasteiger partial charge in [0.25, 0.3) is 0 Å². The predicted octanol–water partition coefficient (Wildman–Crippen LogP) is 8.49. The molecule has 0 saturated carbocycles. The predicted molar refractivity (Wildman–Crippen MR) is 132 cm³/mol. The van der Waals surface area contributed by atoms with Gasteiger partial charge in [-0.15, -0.1) is 0 Å². The Balaban J connectivity index is 2.97. The second kappa shape index (κ2) is 28.9. The highest BCUT2D eigenvalue weighted by molar-refractivity contribution is 4.49. The Hall–Kier alpha value is -0.120. The fourth-order valence-electron chi connectivity index (χ4n) is 3.75. The molecule has 0 atom stereocenters. The molecule has 0 bridgehead atoms. The molecule has 0 aromatic rings. The van der Waals surface area contributed by atoms with Gasteiger partial charge in [-0.1, -0.05) is 123 Å². The molecule has 3 heteroatoms. The van der Waals surface area contributed by atoms with E-state index in [4.69, 9.17) is 14.2 Å². The van der Waals surface area contributed by atoms with Crippen molar-refractivity contribution in [3.05, 3.63) is 0 Å². The van der Waals surface area contributed by atoms with Gasteiger partial charge in [0.05, 0.1) is 26.4 Å². The molecule has 0 heterocycles. The van der Waals surface area contributed by atoms with E-state index in [2.05, 4.69) is 13.8 Å². The Bertz CT molecular complexity index is 255. The summed E-state index contributed by atoms with van der Waals surface area (Å²) in [7, 11) is 0. The number of ether oxygens (including phenoxy) is 3. The molecule has 0 aromatic heterocycles. The molecule has 0 saturated heterocycles. The van der Waals surface area contributed by atoms with Crippen LogP contribution in [0, 0.1) is 0 Å². The van der Waals surface area contributed by atoms with Crippen molar-refractivity contribution in [2.45, 2.75) is 136 Å². The van der Waals surface area contributed by atoms with Crippen molar-refractivity contribution in [1.29, 1.82) is 0 Å². The van der Waals surface area contributed by atoms with Crippen LogP contribution < -0.4 is 0 Å². The van der Waals surface area contributed by atoms with Crippen molar-refractivity contribution in [3.63, 3.8) is 0 Å². The Kier molecular flexibility index (Phi) is 28.8. The average Bonchev–Trinajstić information content (AvgIpc) is 2.76. The van der Waals surface area contributed by atoms with Crippen molar-refractivity contribution in [2.75, 3.05) is 39.6 Å². The summed E-state index contributed by atoms with van der Waals surface area (Å²) in [4.78, 5) is 0. The average molecular weight is 429 g/mol. The second-order valence-corrected chi connectivity index (χ2v) is 8.85. The summed E-state index contributed by atoms with van der Waals surface area (Å²) >= 11 is 0. The van der Waals surface area contributed by atoms with Crippen LogP contribution in [0.4, 0.5) is 0 Å². The molecule has 0 aliphatic rings. The van der Waals surface area contributed by atoms with Gasteiger partial charge in [0.1, 0.15) is 0 Å². The quantitative estimate of drug-likeness (QED) is 0.123. The number of rotatable bonds is 27. The lowest BCUT2D eigenvalue weighted by Gasteiger charge is -2.07. The summed E-state index contributed by atoms with van der Waals surface area (Å²) in [6.07, 6.45) is 26.0. The third kappa shape index (κ3) is 27.9. The molecule has 182 valence electrons. The summed E-state index contributed by atoms with van der Waals surface area (Å²) in [6.45, 7) is 9.13. The monoisotopic (exact) mass is 428 g/mol. The van der Waals surface area contributed by atoms with E-state index in [9.17, 15) is 0 Å². The molecule has 0 amide bonds. The maximum Gasteiger partial charge on any atom is 0.0701 e. The maximum atomic E-state index is 5.66. The van der Waals surface area contributed by atoms with Crippen LogP contribution in [0.3, 0.4) is 0 Å². The molecular weight excluding hydrogens is 372 g/mol. The number of unbranched alkanes of at least 4 members (excludes halogenated alkanes) is 17. The summed E-state index contributed by atoms with van der Waals surface area (Å²) in [5, 5.41) is 0. The lowest BCUT2D eigenvalue weighted by Crippen LogP contribution is -2.10. The lowest BCUT2D eigenvalue weighted by atomic mass is 10.0. The lowest BCUT2D eigenvalue weighted by molar-refractivity contribution is 0.0132. The zero-order chi connectivity index (χ0) is 21.8. The molecule has 0 unspecified atom stereocenters. The van der Waals surface area contributed by atoms with Crippen LogP contribution in [0.5, 0.6) is 0 Å². The first kappa shape index (κ1) is 29.9. The Morgan fingerprint density at radius 1 is 0.267 bits per heavy atom. The molecule has 3 nitrogen and oxygen atoms in total. The summed E-state index contributed by atoms with van der Waals surface area (Å²) < 4.78 is 16.8. The van der Waals surface area contributed by atoms with Crippen LogP contribution in [0.25, 0.3) is 0 Å².